The number of carbonyl (C=O) groups excluding carboxylic acids is 2. The van der Waals surface area contributed by atoms with E-state index in [-0.39, 0.29) is 30.1 Å². The first-order valence-corrected chi connectivity index (χ1v) is 9.08. The van der Waals surface area contributed by atoms with E-state index in [0.717, 1.165) is 17.7 Å². The molecule has 29 heavy (non-hydrogen) atoms. The Labute approximate surface area is 166 Å². The van der Waals surface area contributed by atoms with Gasteiger partial charge in [-0.15, -0.1) is 0 Å². The molecule has 3 rings (SSSR count). The number of methoxy groups -OCH3 is 2. The Morgan fingerprint density at radius 1 is 1.10 bits per heavy atom. The minimum Gasteiger partial charge on any atom is -0.497 e. The smallest absolute Gasteiger partial charge is 0.283 e. The Bertz CT molecular complexity index is 951. The molecule has 2 aromatic carbocycles. The molecule has 0 N–H and O–H groups in total. The molecular weight excluding hydrogens is 381 g/mol. The number of nitrogens with zero attached hydrogens (tertiary/aromatic N) is 1. The molecule has 1 fully saturated rings. The zero-order chi connectivity index (χ0) is 21.1. The number of benzene rings is 2. The van der Waals surface area contributed by atoms with E-state index in [1.807, 2.05) is 12.1 Å². The van der Waals surface area contributed by atoms with Gasteiger partial charge in [0.15, 0.2) is 5.78 Å². The van der Waals surface area contributed by atoms with Gasteiger partial charge in [-0.25, -0.2) is 4.39 Å². The van der Waals surface area contributed by atoms with Crippen molar-refractivity contribution in [3.05, 3.63) is 63.5 Å². The minimum absolute atomic E-state index is 0.112. The van der Waals surface area contributed by atoms with Gasteiger partial charge in [0.05, 0.1) is 36.7 Å². The van der Waals surface area contributed by atoms with Crippen LogP contribution in [0.3, 0.4) is 0 Å². The lowest BCUT2D eigenvalue weighted by molar-refractivity contribution is -0.385. The third kappa shape index (κ3) is 4.26. The van der Waals surface area contributed by atoms with Gasteiger partial charge in [-0.2, -0.15) is 0 Å². The first kappa shape index (κ1) is 20.4. The van der Waals surface area contributed by atoms with Gasteiger partial charge in [0, 0.05) is 12.5 Å². The van der Waals surface area contributed by atoms with Crippen LogP contribution in [0.4, 0.5) is 10.1 Å². The Morgan fingerprint density at radius 2 is 1.76 bits per heavy atom. The number of rotatable bonds is 6. The van der Waals surface area contributed by atoms with Gasteiger partial charge in [-0.3, -0.25) is 19.7 Å². The predicted octanol–water partition coefficient (Wildman–Crippen LogP) is 4.09. The largest absolute Gasteiger partial charge is 0.497 e. The number of hydrogen-bond donors (Lipinski definition) is 0. The van der Waals surface area contributed by atoms with E-state index in [1.54, 1.807) is 6.07 Å². The number of halogens is 1. The van der Waals surface area contributed by atoms with E-state index < -0.39 is 28.1 Å². The Hall–Kier alpha value is -3.29. The Balaban J connectivity index is 1.82. The lowest BCUT2D eigenvalue weighted by atomic mass is 9.75. The molecule has 2 atom stereocenters. The molecule has 0 saturated heterocycles. The van der Waals surface area contributed by atoms with E-state index in [2.05, 4.69) is 0 Å². The summed E-state index contributed by atoms with van der Waals surface area (Å²) in [6.45, 7) is 0. The van der Waals surface area contributed by atoms with Crippen LogP contribution in [0.15, 0.2) is 36.4 Å². The number of Topliss-reactive ketones (excluding diaryl/α,β-unsaturated/α-hetero) is 2. The van der Waals surface area contributed by atoms with Crippen molar-refractivity contribution in [1.29, 1.82) is 0 Å². The van der Waals surface area contributed by atoms with Crippen molar-refractivity contribution in [1.82, 2.24) is 0 Å². The van der Waals surface area contributed by atoms with Crippen molar-refractivity contribution in [3.8, 4) is 11.5 Å². The van der Waals surface area contributed by atoms with Crippen LogP contribution in [0.25, 0.3) is 0 Å². The van der Waals surface area contributed by atoms with Crippen LogP contribution in [0.5, 0.6) is 11.5 Å². The highest BCUT2D eigenvalue weighted by atomic mass is 19.1. The maximum Gasteiger partial charge on any atom is 0.283 e. The average molecular weight is 401 g/mol. The molecule has 0 bridgehead atoms. The lowest BCUT2D eigenvalue weighted by Crippen LogP contribution is -2.30. The highest BCUT2D eigenvalue weighted by molar-refractivity contribution is 6.12. The Kier molecular flexibility index (Phi) is 5.91. The molecule has 0 heterocycles. The van der Waals surface area contributed by atoms with Gasteiger partial charge >= 0.3 is 0 Å². The maximum absolute atomic E-state index is 13.3. The fourth-order valence-electron chi connectivity index (χ4n) is 3.69. The van der Waals surface area contributed by atoms with E-state index in [4.69, 9.17) is 9.47 Å². The summed E-state index contributed by atoms with van der Waals surface area (Å²) >= 11 is 0. The second kappa shape index (κ2) is 8.38. The number of hydrogen-bond acceptors (Lipinski definition) is 6. The Morgan fingerprint density at radius 3 is 2.31 bits per heavy atom. The quantitative estimate of drug-likeness (QED) is 0.313. The highest BCUT2D eigenvalue weighted by Crippen LogP contribution is 2.38. The molecule has 2 unspecified atom stereocenters. The summed E-state index contributed by atoms with van der Waals surface area (Å²) in [6, 6.07) is 8.14. The molecule has 1 aliphatic rings. The van der Waals surface area contributed by atoms with E-state index in [9.17, 15) is 24.1 Å². The molecule has 1 saturated carbocycles. The van der Waals surface area contributed by atoms with Gasteiger partial charge in [0.25, 0.3) is 5.69 Å². The molecule has 8 heteroatoms. The summed E-state index contributed by atoms with van der Waals surface area (Å²) in [5.74, 6) is -1.61. The van der Waals surface area contributed by atoms with Crippen molar-refractivity contribution in [2.24, 2.45) is 5.92 Å². The maximum atomic E-state index is 13.3. The normalized spacial score (nSPS) is 18.9. The molecule has 2 aromatic rings. The summed E-state index contributed by atoms with van der Waals surface area (Å²) in [5.41, 5.74) is 0.00640. The second-order valence-electron chi connectivity index (χ2n) is 6.93. The van der Waals surface area contributed by atoms with Gasteiger partial charge < -0.3 is 9.47 Å². The van der Waals surface area contributed by atoms with Crippen molar-refractivity contribution >= 4 is 17.3 Å². The predicted molar refractivity (Wildman–Crippen MR) is 102 cm³/mol. The van der Waals surface area contributed by atoms with Crippen molar-refractivity contribution in [2.75, 3.05) is 14.2 Å². The standard InChI is InChI=1S/C21H20FNO6/c1-28-15-7-13(8-16(11-15)29-2)12-3-5-18(20(24)9-12)21(25)17-6-4-14(22)10-19(17)23(26)27/h4,6-8,10-12,18H,3,5,9H2,1-2H3. The first-order chi connectivity index (χ1) is 13.8. The highest BCUT2D eigenvalue weighted by Gasteiger charge is 2.37. The zero-order valence-electron chi connectivity index (χ0n) is 16.0. The first-order valence-electron chi connectivity index (χ1n) is 9.08. The summed E-state index contributed by atoms with van der Waals surface area (Å²) in [7, 11) is 3.07. The molecule has 1 aliphatic carbocycles. The average Bonchev–Trinajstić information content (AvgIpc) is 2.72. The molecule has 0 amide bonds. The molecule has 0 radical (unpaired) electrons. The van der Waals surface area contributed by atoms with Crippen LogP contribution in [0.2, 0.25) is 0 Å². The number of ether oxygens (including phenoxy) is 2. The molecule has 0 aliphatic heterocycles. The molecule has 7 nitrogen and oxygen atoms in total. The molecule has 152 valence electrons. The van der Waals surface area contributed by atoms with Crippen LogP contribution in [0.1, 0.15) is 41.1 Å². The third-order valence-electron chi connectivity index (χ3n) is 5.22. The van der Waals surface area contributed by atoms with E-state index >= 15 is 0 Å². The van der Waals surface area contributed by atoms with Gasteiger partial charge in [-0.1, -0.05) is 0 Å². The van der Waals surface area contributed by atoms with E-state index in [1.165, 1.54) is 14.2 Å². The summed E-state index contributed by atoms with van der Waals surface area (Å²) < 4.78 is 23.9. The number of carbonyl (C=O) groups is 2. The van der Waals surface area contributed by atoms with Crippen LogP contribution in [-0.2, 0) is 4.79 Å². The zero-order valence-corrected chi connectivity index (χ0v) is 16.0. The summed E-state index contributed by atoms with van der Waals surface area (Å²) in [5, 5.41) is 11.2. The van der Waals surface area contributed by atoms with Gasteiger partial charge in [0.2, 0.25) is 0 Å². The van der Waals surface area contributed by atoms with Gasteiger partial charge in [0.1, 0.15) is 23.1 Å². The third-order valence-corrected chi connectivity index (χ3v) is 5.22. The SMILES string of the molecule is COc1cc(OC)cc(C2CCC(C(=O)c3ccc(F)cc3[N+](=O)[O-])C(=O)C2)c1. The van der Waals surface area contributed by atoms with Crippen molar-refractivity contribution in [3.63, 3.8) is 0 Å². The van der Waals surface area contributed by atoms with Crippen molar-refractivity contribution < 1.29 is 28.4 Å². The van der Waals surface area contributed by atoms with Crippen LogP contribution < -0.4 is 9.47 Å². The monoisotopic (exact) mass is 401 g/mol. The summed E-state index contributed by atoms with van der Waals surface area (Å²) in [4.78, 5) is 35.9. The number of nitro benzene ring substituents is 1. The van der Waals surface area contributed by atoms with Crippen LogP contribution in [0, 0.1) is 21.8 Å². The number of nitro groups is 1. The minimum atomic E-state index is -0.970. The molecular formula is C21H20FNO6. The topological polar surface area (TPSA) is 95.7 Å². The van der Waals surface area contributed by atoms with Crippen molar-refractivity contribution in [2.45, 2.75) is 25.2 Å². The lowest BCUT2D eigenvalue weighted by Gasteiger charge is -2.27. The van der Waals surface area contributed by atoms with E-state index in [0.29, 0.717) is 24.0 Å². The fraction of sp³-hybridized carbons (Fsp3) is 0.333. The molecule has 0 aromatic heterocycles. The fourth-order valence-corrected chi connectivity index (χ4v) is 3.69. The number of ketones is 2. The van der Waals surface area contributed by atoms with Crippen LogP contribution in [-0.4, -0.2) is 30.7 Å². The molecule has 0 spiro atoms. The summed E-state index contributed by atoms with van der Waals surface area (Å²) in [6.07, 6.45) is 0.936. The second-order valence-corrected chi connectivity index (χ2v) is 6.93. The van der Waals surface area contributed by atoms with Gasteiger partial charge in [-0.05, 0) is 48.6 Å². The van der Waals surface area contributed by atoms with Crippen LogP contribution >= 0.6 is 0 Å².